The topological polar surface area (TPSA) is 63.3 Å². The predicted octanol–water partition coefficient (Wildman–Crippen LogP) is 2.49. The van der Waals surface area contributed by atoms with Gasteiger partial charge in [-0.2, -0.15) is 0 Å². The maximum absolute atomic E-state index is 11.3. The molecule has 1 unspecified atom stereocenters. The molecule has 3 N–H and O–H groups in total. The molecule has 0 radical (unpaired) electrons. The summed E-state index contributed by atoms with van der Waals surface area (Å²) in [5.41, 5.74) is 5.30. The van der Waals surface area contributed by atoms with Gasteiger partial charge in [0, 0.05) is 0 Å². The Morgan fingerprint density at radius 3 is 2.47 bits per heavy atom. The number of fused-ring (bicyclic) bond motifs is 1. The van der Waals surface area contributed by atoms with Crippen LogP contribution in [-0.4, -0.2) is 11.1 Å². The molecule has 0 bridgehead atoms. The molecule has 3 heteroatoms. The molecule has 0 aliphatic rings. The third-order valence-corrected chi connectivity index (χ3v) is 3.20. The summed E-state index contributed by atoms with van der Waals surface area (Å²) in [6, 6.07) is 13.4. The minimum atomic E-state index is -1.30. The van der Waals surface area contributed by atoms with Crippen LogP contribution in [0.4, 0.5) is 0 Å². The molecule has 1 atom stereocenters. The molecule has 0 saturated heterocycles. The van der Waals surface area contributed by atoms with Crippen molar-refractivity contribution in [3.63, 3.8) is 0 Å². The lowest BCUT2D eigenvalue weighted by Crippen LogP contribution is -2.44. The van der Waals surface area contributed by atoms with Gasteiger partial charge in [-0.05, 0) is 28.8 Å². The van der Waals surface area contributed by atoms with Gasteiger partial charge in [-0.3, -0.25) is 0 Å². The van der Waals surface area contributed by atoms with Crippen molar-refractivity contribution >= 4 is 16.7 Å². The Balaban J connectivity index is 2.59. The van der Waals surface area contributed by atoms with Crippen molar-refractivity contribution < 1.29 is 9.90 Å². The predicted molar refractivity (Wildman–Crippen MR) is 67.7 cm³/mol. The number of carbonyl (C=O) groups is 1. The van der Waals surface area contributed by atoms with E-state index < -0.39 is 11.5 Å². The second kappa shape index (κ2) is 4.18. The number of carboxylic acids is 1. The third kappa shape index (κ3) is 1.89. The van der Waals surface area contributed by atoms with Crippen molar-refractivity contribution in [2.45, 2.75) is 18.9 Å². The highest BCUT2D eigenvalue weighted by molar-refractivity contribution is 5.86. The summed E-state index contributed by atoms with van der Waals surface area (Å²) < 4.78 is 0. The average molecular weight is 229 g/mol. The molecular weight excluding hydrogens is 214 g/mol. The zero-order chi connectivity index (χ0) is 12.5. The van der Waals surface area contributed by atoms with Gasteiger partial charge in [-0.15, -0.1) is 0 Å². The fourth-order valence-electron chi connectivity index (χ4n) is 1.95. The lowest BCUT2D eigenvalue weighted by Gasteiger charge is -2.23. The molecule has 2 aromatic rings. The van der Waals surface area contributed by atoms with E-state index in [0.717, 1.165) is 10.8 Å². The van der Waals surface area contributed by atoms with E-state index in [1.54, 1.807) is 13.0 Å². The Labute approximate surface area is 99.9 Å². The molecule has 0 aliphatic carbocycles. The smallest absolute Gasteiger partial charge is 0.328 e. The lowest BCUT2D eigenvalue weighted by molar-refractivity contribution is -0.143. The van der Waals surface area contributed by atoms with Crippen LogP contribution in [0.15, 0.2) is 42.5 Å². The Kier molecular flexibility index (Phi) is 2.86. The van der Waals surface area contributed by atoms with Crippen LogP contribution in [-0.2, 0) is 10.3 Å². The quantitative estimate of drug-likeness (QED) is 0.849. The van der Waals surface area contributed by atoms with Gasteiger partial charge in [0.25, 0.3) is 0 Å². The number of carboxylic acid groups (broad SMARTS) is 1. The normalized spacial score (nSPS) is 14.5. The van der Waals surface area contributed by atoms with Crippen LogP contribution in [0.2, 0.25) is 0 Å². The minimum absolute atomic E-state index is 0.362. The SMILES string of the molecule is CCC(N)(C(=O)O)c1ccc2ccccc2c1. The van der Waals surface area contributed by atoms with Gasteiger partial charge in [-0.25, -0.2) is 4.79 Å². The molecule has 0 aromatic heterocycles. The molecule has 0 heterocycles. The maximum Gasteiger partial charge on any atom is 0.328 e. The van der Waals surface area contributed by atoms with E-state index in [1.165, 1.54) is 0 Å². The van der Waals surface area contributed by atoms with Crippen LogP contribution in [0.1, 0.15) is 18.9 Å². The largest absolute Gasteiger partial charge is 0.480 e. The van der Waals surface area contributed by atoms with Gasteiger partial charge in [0.2, 0.25) is 0 Å². The Hall–Kier alpha value is -1.87. The summed E-state index contributed by atoms with van der Waals surface area (Å²) in [6.07, 6.45) is 0.362. The average Bonchev–Trinajstić information content (AvgIpc) is 2.37. The van der Waals surface area contributed by atoms with Gasteiger partial charge < -0.3 is 10.8 Å². The Bertz CT molecular complexity index is 565. The summed E-state index contributed by atoms with van der Waals surface area (Å²) in [5.74, 6) is -0.990. The highest BCUT2D eigenvalue weighted by Gasteiger charge is 2.33. The van der Waals surface area contributed by atoms with Crippen molar-refractivity contribution in [3.8, 4) is 0 Å². The van der Waals surface area contributed by atoms with Crippen LogP contribution in [0.5, 0.6) is 0 Å². The number of benzene rings is 2. The monoisotopic (exact) mass is 229 g/mol. The fraction of sp³-hybridized carbons (Fsp3) is 0.214. The third-order valence-electron chi connectivity index (χ3n) is 3.20. The minimum Gasteiger partial charge on any atom is -0.480 e. The highest BCUT2D eigenvalue weighted by atomic mass is 16.4. The van der Waals surface area contributed by atoms with E-state index in [1.807, 2.05) is 36.4 Å². The number of hydrogen-bond acceptors (Lipinski definition) is 2. The van der Waals surface area contributed by atoms with E-state index in [4.69, 9.17) is 5.73 Å². The van der Waals surface area contributed by atoms with Crippen LogP contribution in [0, 0.1) is 0 Å². The van der Waals surface area contributed by atoms with E-state index in [0.29, 0.717) is 12.0 Å². The Morgan fingerprint density at radius 1 is 1.24 bits per heavy atom. The van der Waals surface area contributed by atoms with Gasteiger partial charge in [0.1, 0.15) is 5.54 Å². The van der Waals surface area contributed by atoms with Crippen molar-refractivity contribution in [2.24, 2.45) is 5.73 Å². The van der Waals surface area contributed by atoms with Gasteiger partial charge in [0.15, 0.2) is 0 Å². The van der Waals surface area contributed by atoms with E-state index in [9.17, 15) is 9.90 Å². The van der Waals surface area contributed by atoms with Gasteiger partial charge in [-0.1, -0.05) is 43.3 Å². The Morgan fingerprint density at radius 2 is 1.88 bits per heavy atom. The first-order valence-electron chi connectivity index (χ1n) is 5.59. The molecule has 0 fully saturated rings. The molecular formula is C14H15NO2. The molecule has 0 saturated carbocycles. The maximum atomic E-state index is 11.3. The lowest BCUT2D eigenvalue weighted by atomic mass is 9.87. The van der Waals surface area contributed by atoms with Crippen LogP contribution in [0.25, 0.3) is 10.8 Å². The summed E-state index contributed by atoms with van der Waals surface area (Å²) in [6.45, 7) is 1.78. The van der Waals surface area contributed by atoms with Crippen molar-refractivity contribution in [1.29, 1.82) is 0 Å². The number of rotatable bonds is 3. The first-order chi connectivity index (χ1) is 8.08. The standard InChI is InChI=1S/C14H15NO2/c1-2-14(15,13(16)17)12-8-7-10-5-3-4-6-11(10)9-12/h3-9H,2,15H2,1H3,(H,16,17). The second-order valence-corrected chi connectivity index (χ2v) is 4.19. The van der Waals surface area contributed by atoms with Crippen molar-refractivity contribution in [1.82, 2.24) is 0 Å². The first-order valence-corrected chi connectivity index (χ1v) is 5.59. The van der Waals surface area contributed by atoms with Crippen LogP contribution < -0.4 is 5.73 Å². The van der Waals surface area contributed by atoms with E-state index in [2.05, 4.69) is 0 Å². The fourth-order valence-corrected chi connectivity index (χ4v) is 1.95. The highest BCUT2D eigenvalue weighted by Crippen LogP contribution is 2.26. The second-order valence-electron chi connectivity index (χ2n) is 4.19. The van der Waals surface area contributed by atoms with E-state index in [-0.39, 0.29) is 0 Å². The van der Waals surface area contributed by atoms with Crippen LogP contribution in [0.3, 0.4) is 0 Å². The first kappa shape index (κ1) is 11.6. The molecule has 88 valence electrons. The number of nitrogens with two attached hydrogens (primary N) is 1. The van der Waals surface area contributed by atoms with Crippen molar-refractivity contribution in [2.75, 3.05) is 0 Å². The molecule has 0 amide bonds. The zero-order valence-electron chi connectivity index (χ0n) is 9.68. The summed E-state index contributed by atoms with van der Waals surface area (Å²) in [4.78, 5) is 11.3. The van der Waals surface area contributed by atoms with Gasteiger partial charge >= 0.3 is 5.97 Å². The summed E-state index contributed by atoms with van der Waals surface area (Å²) in [7, 11) is 0. The molecule has 0 spiro atoms. The number of aliphatic carboxylic acids is 1. The zero-order valence-corrected chi connectivity index (χ0v) is 9.68. The molecule has 3 nitrogen and oxygen atoms in total. The van der Waals surface area contributed by atoms with Crippen molar-refractivity contribution in [3.05, 3.63) is 48.0 Å². The van der Waals surface area contributed by atoms with Crippen LogP contribution >= 0.6 is 0 Å². The van der Waals surface area contributed by atoms with E-state index >= 15 is 0 Å². The molecule has 17 heavy (non-hydrogen) atoms. The number of hydrogen-bond donors (Lipinski definition) is 2. The summed E-state index contributed by atoms with van der Waals surface area (Å²) in [5, 5.41) is 11.3. The molecule has 2 rings (SSSR count). The molecule has 2 aromatic carbocycles. The summed E-state index contributed by atoms with van der Waals surface area (Å²) >= 11 is 0. The molecule has 0 aliphatic heterocycles. The van der Waals surface area contributed by atoms with Gasteiger partial charge in [0.05, 0.1) is 0 Å².